The molecule has 2 unspecified atom stereocenters. The van der Waals surface area contributed by atoms with Crippen LogP contribution in [-0.4, -0.2) is 54.9 Å². The molecule has 21 heavy (non-hydrogen) atoms. The molecule has 0 bridgehead atoms. The predicted octanol–water partition coefficient (Wildman–Crippen LogP) is 1.64. The van der Waals surface area contributed by atoms with Gasteiger partial charge in [0.15, 0.2) is 0 Å². The van der Waals surface area contributed by atoms with Gasteiger partial charge in [-0.3, -0.25) is 4.90 Å². The zero-order chi connectivity index (χ0) is 15.1. The molecule has 2 rings (SSSR count). The number of ether oxygens (including phenoxy) is 1. The van der Waals surface area contributed by atoms with Gasteiger partial charge in [0.05, 0.1) is 0 Å². The van der Waals surface area contributed by atoms with E-state index in [1.54, 1.807) is 12.1 Å². The number of likely N-dealkylation sites (N-methyl/N-ethyl adjacent to an activating group) is 1. The molecule has 0 spiro atoms. The summed E-state index contributed by atoms with van der Waals surface area (Å²) in [5.74, 6) is 0.282. The van der Waals surface area contributed by atoms with Crippen molar-refractivity contribution in [2.75, 3.05) is 32.8 Å². The normalized spacial score (nSPS) is 20.6. The maximum atomic E-state index is 12.7. The van der Waals surface area contributed by atoms with Gasteiger partial charge in [-0.25, -0.2) is 4.39 Å². The van der Waals surface area contributed by atoms with Crippen LogP contribution in [0.15, 0.2) is 24.3 Å². The first-order chi connectivity index (χ1) is 10.2. The van der Waals surface area contributed by atoms with Crippen molar-refractivity contribution in [3.63, 3.8) is 0 Å². The summed E-state index contributed by atoms with van der Waals surface area (Å²) in [6.07, 6.45) is 1.92. The molecule has 5 heteroatoms. The molecular formula is C16H25FN2O2. The maximum absolute atomic E-state index is 12.7. The molecule has 1 aliphatic rings. The quantitative estimate of drug-likeness (QED) is 0.765. The van der Waals surface area contributed by atoms with Gasteiger partial charge in [0, 0.05) is 19.1 Å². The molecule has 2 N–H and O–H groups in total. The van der Waals surface area contributed by atoms with Crippen molar-refractivity contribution in [2.45, 2.75) is 31.9 Å². The van der Waals surface area contributed by atoms with E-state index in [0.717, 1.165) is 13.1 Å². The summed E-state index contributed by atoms with van der Waals surface area (Å²) in [6, 6.07) is 6.40. The Morgan fingerprint density at radius 1 is 1.43 bits per heavy atom. The number of nitrogens with zero attached hydrogens (tertiary/aromatic N) is 1. The smallest absolute Gasteiger partial charge is 0.123 e. The van der Waals surface area contributed by atoms with Crippen molar-refractivity contribution in [1.29, 1.82) is 0 Å². The second kappa shape index (κ2) is 8.32. The second-order valence-corrected chi connectivity index (χ2v) is 5.50. The molecule has 0 aromatic heterocycles. The van der Waals surface area contributed by atoms with Crippen LogP contribution in [0.3, 0.4) is 0 Å². The number of nitrogens with one attached hydrogen (secondary N) is 1. The second-order valence-electron chi connectivity index (χ2n) is 5.50. The summed E-state index contributed by atoms with van der Waals surface area (Å²) >= 11 is 0. The molecule has 118 valence electrons. The molecule has 0 amide bonds. The number of halogens is 1. The summed E-state index contributed by atoms with van der Waals surface area (Å²) in [6.45, 7) is 6.07. The van der Waals surface area contributed by atoms with E-state index in [4.69, 9.17) is 4.74 Å². The van der Waals surface area contributed by atoms with Crippen LogP contribution in [-0.2, 0) is 0 Å². The third-order valence-electron chi connectivity index (χ3n) is 3.92. The Morgan fingerprint density at radius 2 is 2.19 bits per heavy atom. The Kier molecular flexibility index (Phi) is 6.42. The minimum atomic E-state index is -0.563. The summed E-state index contributed by atoms with van der Waals surface area (Å²) in [5, 5.41) is 13.2. The van der Waals surface area contributed by atoms with Gasteiger partial charge in [0.2, 0.25) is 0 Å². The van der Waals surface area contributed by atoms with Crippen molar-refractivity contribution in [3.05, 3.63) is 30.1 Å². The molecule has 0 aliphatic carbocycles. The van der Waals surface area contributed by atoms with Crippen LogP contribution < -0.4 is 10.1 Å². The number of hydrogen-bond acceptors (Lipinski definition) is 4. The molecule has 1 aromatic rings. The highest BCUT2D eigenvalue weighted by Gasteiger charge is 2.22. The highest BCUT2D eigenvalue weighted by Crippen LogP contribution is 2.15. The van der Waals surface area contributed by atoms with Crippen LogP contribution in [0.5, 0.6) is 5.75 Å². The van der Waals surface area contributed by atoms with Crippen LogP contribution in [0.2, 0.25) is 0 Å². The standard InChI is InChI=1S/C16H25FN2O2/c1-2-19-9-3-4-14(19)10-18-11-15(20)12-21-16-7-5-13(17)6-8-16/h5-8,14-15,18,20H,2-4,9-12H2,1H3. The summed E-state index contributed by atoms with van der Waals surface area (Å²) in [4.78, 5) is 2.47. The fraction of sp³-hybridized carbons (Fsp3) is 0.625. The Balaban J connectivity index is 1.61. The molecule has 1 heterocycles. The van der Waals surface area contributed by atoms with E-state index in [1.807, 2.05) is 0 Å². The molecule has 0 saturated carbocycles. The Labute approximate surface area is 125 Å². The average Bonchev–Trinajstić information content (AvgIpc) is 2.94. The lowest BCUT2D eigenvalue weighted by atomic mass is 10.2. The summed E-state index contributed by atoms with van der Waals surface area (Å²) in [7, 11) is 0. The van der Waals surface area contributed by atoms with Crippen LogP contribution in [0.1, 0.15) is 19.8 Å². The number of aliphatic hydroxyl groups excluding tert-OH is 1. The van der Waals surface area contributed by atoms with E-state index in [2.05, 4.69) is 17.1 Å². The van der Waals surface area contributed by atoms with Crippen LogP contribution >= 0.6 is 0 Å². The molecule has 4 nitrogen and oxygen atoms in total. The van der Waals surface area contributed by atoms with Crippen molar-refractivity contribution in [1.82, 2.24) is 10.2 Å². The van der Waals surface area contributed by atoms with Gasteiger partial charge in [-0.15, -0.1) is 0 Å². The maximum Gasteiger partial charge on any atom is 0.123 e. The van der Waals surface area contributed by atoms with Gasteiger partial charge in [-0.1, -0.05) is 6.92 Å². The first-order valence-electron chi connectivity index (χ1n) is 7.70. The third kappa shape index (κ3) is 5.26. The van der Waals surface area contributed by atoms with Gasteiger partial charge in [0.1, 0.15) is 24.3 Å². The highest BCUT2D eigenvalue weighted by atomic mass is 19.1. The molecule has 0 radical (unpaired) electrons. The fourth-order valence-corrected chi connectivity index (χ4v) is 2.74. The Morgan fingerprint density at radius 3 is 2.90 bits per heavy atom. The zero-order valence-corrected chi connectivity index (χ0v) is 12.6. The molecule has 2 atom stereocenters. The topological polar surface area (TPSA) is 44.7 Å². The van der Waals surface area contributed by atoms with E-state index < -0.39 is 6.10 Å². The highest BCUT2D eigenvalue weighted by molar-refractivity contribution is 5.22. The number of rotatable bonds is 8. The minimum Gasteiger partial charge on any atom is -0.491 e. The number of benzene rings is 1. The number of hydrogen-bond donors (Lipinski definition) is 2. The van der Waals surface area contributed by atoms with Gasteiger partial charge in [-0.05, 0) is 50.2 Å². The van der Waals surface area contributed by atoms with E-state index in [0.29, 0.717) is 18.3 Å². The first kappa shape index (κ1) is 16.2. The monoisotopic (exact) mass is 296 g/mol. The average molecular weight is 296 g/mol. The van der Waals surface area contributed by atoms with Crippen LogP contribution in [0.25, 0.3) is 0 Å². The van der Waals surface area contributed by atoms with Crippen LogP contribution in [0, 0.1) is 5.82 Å². The van der Waals surface area contributed by atoms with E-state index >= 15 is 0 Å². The number of aliphatic hydroxyl groups is 1. The Bertz CT molecular complexity index is 413. The lowest BCUT2D eigenvalue weighted by molar-refractivity contribution is 0.104. The van der Waals surface area contributed by atoms with Gasteiger partial charge >= 0.3 is 0 Å². The minimum absolute atomic E-state index is 0.209. The van der Waals surface area contributed by atoms with E-state index in [9.17, 15) is 9.50 Å². The van der Waals surface area contributed by atoms with Crippen molar-refractivity contribution >= 4 is 0 Å². The van der Waals surface area contributed by atoms with Gasteiger partial charge in [-0.2, -0.15) is 0 Å². The van der Waals surface area contributed by atoms with E-state index in [1.165, 1.54) is 31.5 Å². The lowest BCUT2D eigenvalue weighted by Crippen LogP contribution is -2.41. The molecule has 1 fully saturated rings. The van der Waals surface area contributed by atoms with Crippen molar-refractivity contribution < 1.29 is 14.2 Å². The molecule has 1 aliphatic heterocycles. The fourth-order valence-electron chi connectivity index (χ4n) is 2.74. The summed E-state index contributed by atoms with van der Waals surface area (Å²) < 4.78 is 18.2. The molecule has 1 aromatic carbocycles. The van der Waals surface area contributed by atoms with Crippen molar-refractivity contribution in [3.8, 4) is 5.75 Å². The lowest BCUT2D eigenvalue weighted by Gasteiger charge is -2.23. The van der Waals surface area contributed by atoms with E-state index in [-0.39, 0.29) is 12.4 Å². The first-order valence-corrected chi connectivity index (χ1v) is 7.70. The van der Waals surface area contributed by atoms with Crippen LogP contribution in [0.4, 0.5) is 4.39 Å². The zero-order valence-electron chi connectivity index (χ0n) is 12.6. The largest absolute Gasteiger partial charge is 0.491 e. The van der Waals surface area contributed by atoms with Crippen molar-refractivity contribution in [2.24, 2.45) is 0 Å². The molecular weight excluding hydrogens is 271 g/mol. The summed E-state index contributed by atoms with van der Waals surface area (Å²) in [5.41, 5.74) is 0. The predicted molar refractivity (Wildman–Crippen MR) is 81.0 cm³/mol. The Hall–Kier alpha value is -1.17. The van der Waals surface area contributed by atoms with Gasteiger partial charge < -0.3 is 15.2 Å². The SMILES string of the molecule is CCN1CCCC1CNCC(O)COc1ccc(F)cc1. The number of likely N-dealkylation sites (tertiary alicyclic amines) is 1. The molecule has 1 saturated heterocycles. The van der Waals surface area contributed by atoms with Gasteiger partial charge in [0.25, 0.3) is 0 Å². The third-order valence-corrected chi connectivity index (χ3v) is 3.92.